The number of benzene rings is 1. The lowest BCUT2D eigenvalue weighted by molar-refractivity contribution is -0.185. The lowest BCUT2D eigenvalue weighted by Crippen LogP contribution is -2.47. The lowest BCUT2D eigenvalue weighted by Gasteiger charge is -2.42. The van der Waals surface area contributed by atoms with E-state index < -0.39 is 0 Å². The van der Waals surface area contributed by atoms with Crippen LogP contribution >= 0.6 is 15.9 Å². The van der Waals surface area contributed by atoms with Crippen molar-refractivity contribution in [2.75, 3.05) is 13.2 Å². The number of ether oxygens (including phenoxy) is 2. The number of hydrogen-bond acceptors (Lipinski definition) is 3. The van der Waals surface area contributed by atoms with Gasteiger partial charge in [0.15, 0.2) is 5.79 Å². The molecule has 4 heteroatoms. The Kier molecular flexibility index (Phi) is 3.22. The standard InChI is InChI=1S/C14H18BrNO2/c15-12-4-2-1-3-11(12)13(16)5-7-14(8-6-13)17-9-10-18-14/h1-4H,5-10,16H2. The van der Waals surface area contributed by atoms with Gasteiger partial charge in [0.2, 0.25) is 0 Å². The molecule has 1 aliphatic carbocycles. The monoisotopic (exact) mass is 311 g/mol. The quantitative estimate of drug-likeness (QED) is 0.867. The third-order valence-corrected chi connectivity index (χ3v) is 4.82. The Hall–Kier alpha value is -0.420. The van der Waals surface area contributed by atoms with E-state index in [4.69, 9.17) is 15.2 Å². The van der Waals surface area contributed by atoms with Gasteiger partial charge in [-0.2, -0.15) is 0 Å². The van der Waals surface area contributed by atoms with Gasteiger partial charge in [0.25, 0.3) is 0 Å². The molecule has 3 nitrogen and oxygen atoms in total. The molecule has 18 heavy (non-hydrogen) atoms. The summed E-state index contributed by atoms with van der Waals surface area (Å²) < 4.78 is 12.6. The summed E-state index contributed by atoms with van der Waals surface area (Å²) in [4.78, 5) is 0. The van der Waals surface area contributed by atoms with Crippen LogP contribution in [-0.2, 0) is 15.0 Å². The molecule has 2 N–H and O–H groups in total. The predicted octanol–water partition coefficient (Wildman–Crippen LogP) is 2.92. The highest BCUT2D eigenvalue weighted by atomic mass is 79.9. The van der Waals surface area contributed by atoms with Crippen LogP contribution in [0, 0.1) is 0 Å². The number of nitrogens with two attached hydrogens (primary N) is 1. The predicted molar refractivity (Wildman–Crippen MR) is 73.1 cm³/mol. The SMILES string of the molecule is NC1(c2ccccc2Br)CCC2(CC1)OCCO2. The molecule has 0 aromatic heterocycles. The summed E-state index contributed by atoms with van der Waals surface area (Å²) in [7, 11) is 0. The average molecular weight is 312 g/mol. The molecule has 0 radical (unpaired) electrons. The highest BCUT2D eigenvalue weighted by molar-refractivity contribution is 9.10. The van der Waals surface area contributed by atoms with Gasteiger partial charge in [-0.1, -0.05) is 34.1 Å². The summed E-state index contributed by atoms with van der Waals surface area (Å²) in [5.41, 5.74) is 7.52. The van der Waals surface area contributed by atoms with E-state index in [1.54, 1.807) is 0 Å². The van der Waals surface area contributed by atoms with Gasteiger partial charge in [0.1, 0.15) is 0 Å². The molecule has 1 aromatic carbocycles. The van der Waals surface area contributed by atoms with Crippen LogP contribution in [-0.4, -0.2) is 19.0 Å². The van der Waals surface area contributed by atoms with E-state index in [0.717, 1.165) is 30.2 Å². The Labute approximate surface area is 116 Å². The Morgan fingerprint density at radius 3 is 2.22 bits per heavy atom. The highest BCUT2D eigenvalue weighted by Crippen LogP contribution is 2.44. The van der Waals surface area contributed by atoms with Crippen LogP contribution in [0.25, 0.3) is 0 Å². The molecule has 1 aromatic rings. The van der Waals surface area contributed by atoms with Crippen LogP contribution in [0.5, 0.6) is 0 Å². The molecule has 2 fully saturated rings. The summed E-state index contributed by atoms with van der Waals surface area (Å²) in [6, 6.07) is 8.22. The summed E-state index contributed by atoms with van der Waals surface area (Å²) in [6.45, 7) is 1.43. The van der Waals surface area contributed by atoms with Crippen LogP contribution in [0.2, 0.25) is 0 Å². The van der Waals surface area contributed by atoms with Crippen LogP contribution < -0.4 is 5.73 Å². The van der Waals surface area contributed by atoms with Crippen LogP contribution in [0.1, 0.15) is 31.2 Å². The van der Waals surface area contributed by atoms with Crippen LogP contribution in [0.4, 0.5) is 0 Å². The molecule has 98 valence electrons. The maximum atomic E-state index is 6.59. The molecule has 1 saturated heterocycles. The van der Waals surface area contributed by atoms with Crippen molar-refractivity contribution in [3.8, 4) is 0 Å². The van der Waals surface area contributed by atoms with E-state index in [0.29, 0.717) is 13.2 Å². The van der Waals surface area contributed by atoms with Crippen molar-refractivity contribution in [1.82, 2.24) is 0 Å². The van der Waals surface area contributed by atoms with E-state index in [-0.39, 0.29) is 11.3 Å². The summed E-state index contributed by atoms with van der Waals surface area (Å²) in [6.07, 6.45) is 3.56. The average Bonchev–Trinajstić information content (AvgIpc) is 2.83. The third-order valence-electron chi connectivity index (χ3n) is 4.13. The van der Waals surface area contributed by atoms with Gasteiger partial charge in [-0.05, 0) is 24.5 Å². The topological polar surface area (TPSA) is 44.5 Å². The molecule has 0 unspecified atom stereocenters. The van der Waals surface area contributed by atoms with Crippen molar-refractivity contribution in [3.63, 3.8) is 0 Å². The van der Waals surface area contributed by atoms with E-state index in [1.807, 2.05) is 12.1 Å². The fourth-order valence-electron chi connectivity index (χ4n) is 3.00. The molecule has 0 bridgehead atoms. The van der Waals surface area contributed by atoms with Crippen LogP contribution in [0.15, 0.2) is 28.7 Å². The normalized spacial score (nSPS) is 25.4. The fraction of sp³-hybridized carbons (Fsp3) is 0.571. The maximum absolute atomic E-state index is 6.59. The Morgan fingerprint density at radius 1 is 1.00 bits per heavy atom. The molecule has 1 spiro atoms. The zero-order chi connectivity index (χ0) is 12.6. The summed E-state index contributed by atoms with van der Waals surface area (Å²) >= 11 is 3.60. The van der Waals surface area contributed by atoms with Gasteiger partial charge < -0.3 is 15.2 Å². The first-order valence-corrected chi connectivity index (χ1v) is 7.25. The number of hydrogen-bond donors (Lipinski definition) is 1. The second-order valence-corrected chi connectivity index (χ2v) is 6.10. The largest absolute Gasteiger partial charge is 0.348 e. The van der Waals surface area contributed by atoms with Gasteiger partial charge in [-0.25, -0.2) is 0 Å². The minimum atomic E-state index is -0.343. The molecule has 2 aliphatic rings. The smallest absolute Gasteiger partial charge is 0.168 e. The minimum absolute atomic E-state index is 0.263. The van der Waals surface area contributed by atoms with Gasteiger partial charge in [0.05, 0.1) is 13.2 Å². The lowest BCUT2D eigenvalue weighted by atomic mass is 9.75. The Bertz CT molecular complexity index is 433. The van der Waals surface area contributed by atoms with E-state index in [9.17, 15) is 0 Å². The van der Waals surface area contributed by atoms with Gasteiger partial charge in [0, 0.05) is 22.9 Å². The fourth-order valence-corrected chi connectivity index (χ4v) is 3.68. The van der Waals surface area contributed by atoms with E-state index in [2.05, 4.69) is 28.1 Å². The first-order chi connectivity index (χ1) is 8.64. The van der Waals surface area contributed by atoms with Crippen molar-refractivity contribution in [3.05, 3.63) is 34.3 Å². The summed E-state index contributed by atoms with van der Waals surface area (Å²) in [5, 5.41) is 0. The zero-order valence-electron chi connectivity index (χ0n) is 10.3. The zero-order valence-corrected chi connectivity index (χ0v) is 11.9. The molecule has 0 atom stereocenters. The van der Waals surface area contributed by atoms with E-state index in [1.165, 1.54) is 5.56 Å². The molecule has 1 saturated carbocycles. The molecular weight excluding hydrogens is 294 g/mol. The molecular formula is C14H18BrNO2. The van der Waals surface area contributed by atoms with Crippen molar-refractivity contribution >= 4 is 15.9 Å². The minimum Gasteiger partial charge on any atom is -0.348 e. The van der Waals surface area contributed by atoms with Gasteiger partial charge in [-0.15, -0.1) is 0 Å². The van der Waals surface area contributed by atoms with Gasteiger partial charge in [-0.3, -0.25) is 0 Å². The third kappa shape index (κ3) is 2.11. The maximum Gasteiger partial charge on any atom is 0.168 e. The van der Waals surface area contributed by atoms with Crippen LogP contribution in [0.3, 0.4) is 0 Å². The van der Waals surface area contributed by atoms with Crippen molar-refractivity contribution in [1.29, 1.82) is 0 Å². The Morgan fingerprint density at radius 2 is 1.61 bits per heavy atom. The van der Waals surface area contributed by atoms with E-state index >= 15 is 0 Å². The number of halogens is 1. The second-order valence-electron chi connectivity index (χ2n) is 5.24. The molecule has 1 aliphatic heterocycles. The van der Waals surface area contributed by atoms with Crippen molar-refractivity contribution in [2.24, 2.45) is 5.73 Å². The first-order valence-electron chi connectivity index (χ1n) is 6.45. The van der Waals surface area contributed by atoms with Gasteiger partial charge >= 0.3 is 0 Å². The first kappa shape index (κ1) is 12.6. The summed E-state index contributed by atoms with van der Waals surface area (Å²) in [5.74, 6) is -0.343. The highest BCUT2D eigenvalue weighted by Gasteiger charge is 2.45. The molecule has 3 rings (SSSR count). The Balaban J connectivity index is 1.80. The van der Waals surface area contributed by atoms with Crippen molar-refractivity contribution < 1.29 is 9.47 Å². The number of rotatable bonds is 1. The molecule has 0 amide bonds. The van der Waals surface area contributed by atoms with Crippen molar-refractivity contribution in [2.45, 2.75) is 37.0 Å². The second kappa shape index (κ2) is 4.60. The molecule has 1 heterocycles.